The fourth-order valence-electron chi connectivity index (χ4n) is 7.81. The van der Waals surface area contributed by atoms with Crippen LogP contribution >= 0.6 is 0 Å². The van der Waals surface area contributed by atoms with Gasteiger partial charge >= 0.3 is 0 Å². The molecule has 0 N–H and O–H groups in total. The molecule has 5 aliphatic carbocycles. The van der Waals surface area contributed by atoms with E-state index >= 15 is 0 Å². The summed E-state index contributed by atoms with van der Waals surface area (Å²) in [6, 6.07) is 9.57. The van der Waals surface area contributed by atoms with Crippen LogP contribution in [0.1, 0.15) is 32.1 Å². The molecule has 1 aromatic carbocycles. The minimum absolute atomic E-state index is 0.0571. The van der Waals surface area contributed by atoms with Crippen molar-refractivity contribution < 1.29 is 9.59 Å². The van der Waals surface area contributed by atoms with E-state index in [1.165, 1.54) is 37.0 Å². The van der Waals surface area contributed by atoms with Crippen molar-refractivity contribution in [1.82, 2.24) is 0 Å². The molecule has 0 aromatic heterocycles. The smallest absolute Gasteiger partial charge is 0.238 e. The number of rotatable bonds is 1. The summed E-state index contributed by atoms with van der Waals surface area (Å²) < 4.78 is 0. The lowest BCUT2D eigenvalue weighted by molar-refractivity contribution is -0.123. The fourth-order valence-corrected chi connectivity index (χ4v) is 7.81. The van der Waals surface area contributed by atoms with Gasteiger partial charge in [0.15, 0.2) is 0 Å². The summed E-state index contributed by atoms with van der Waals surface area (Å²) in [6.45, 7) is 0. The van der Waals surface area contributed by atoms with Gasteiger partial charge in [-0.05, 0) is 73.3 Å². The summed E-state index contributed by atoms with van der Waals surface area (Å²) in [5, 5.41) is 0. The zero-order valence-electron chi connectivity index (χ0n) is 14.2. The molecule has 1 saturated heterocycles. The Morgan fingerprint density at radius 1 is 0.840 bits per heavy atom. The molecule has 3 nitrogen and oxygen atoms in total. The number of carbonyl (C=O) groups excluding carboxylic acids is 2. The number of para-hydroxylation sites is 1. The van der Waals surface area contributed by atoms with E-state index < -0.39 is 0 Å². The van der Waals surface area contributed by atoms with Gasteiger partial charge in [-0.3, -0.25) is 14.5 Å². The Morgan fingerprint density at radius 2 is 1.40 bits per heavy atom. The fraction of sp³-hybridized carbons (Fsp3) is 0.545. The summed E-state index contributed by atoms with van der Waals surface area (Å²) in [5.74, 6) is 2.35. The van der Waals surface area contributed by atoms with Gasteiger partial charge in [-0.15, -0.1) is 0 Å². The molecule has 25 heavy (non-hydrogen) atoms. The summed E-state index contributed by atoms with van der Waals surface area (Å²) >= 11 is 0. The van der Waals surface area contributed by atoms with Gasteiger partial charge < -0.3 is 0 Å². The van der Waals surface area contributed by atoms with Crippen LogP contribution in [-0.4, -0.2) is 11.8 Å². The lowest BCUT2D eigenvalue weighted by atomic mass is 9.72. The van der Waals surface area contributed by atoms with Gasteiger partial charge in [0.05, 0.1) is 17.5 Å². The van der Waals surface area contributed by atoms with E-state index in [0.717, 1.165) is 17.5 Å². The third kappa shape index (κ3) is 1.26. The normalized spacial score (nSPS) is 44.2. The number of fused-ring (bicyclic) bond motifs is 9. The molecule has 126 valence electrons. The number of anilines is 1. The van der Waals surface area contributed by atoms with Crippen LogP contribution in [0.5, 0.6) is 0 Å². The summed E-state index contributed by atoms with van der Waals surface area (Å²) in [6.07, 6.45) is 6.45. The van der Waals surface area contributed by atoms with Crippen molar-refractivity contribution in [3.63, 3.8) is 0 Å². The molecule has 1 spiro atoms. The monoisotopic (exact) mass is 331 g/mol. The molecule has 1 aromatic rings. The molecule has 1 aliphatic heterocycles. The van der Waals surface area contributed by atoms with Crippen molar-refractivity contribution in [3.05, 3.63) is 41.5 Å². The molecule has 3 heteroatoms. The van der Waals surface area contributed by atoms with E-state index in [9.17, 15) is 9.59 Å². The maximum absolute atomic E-state index is 13.4. The lowest BCUT2D eigenvalue weighted by Crippen LogP contribution is -2.35. The number of allylic oxidation sites excluding steroid dienone is 2. The molecular weight excluding hydrogens is 310 g/mol. The number of benzene rings is 1. The zero-order chi connectivity index (χ0) is 16.5. The van der Waals surface area contributed by atoms with Gasteiger partial charge in [0, 0.05) is 0 Å². The first-order valence-electron chi connectivity index (χ1n) is 9.89. The Morgan fingerprint density at radius 3 is 1.92 bits per heavy atom. The molecular formula is C22H21NO2. The highest BCUT2D eigenvalue weighted by molar-refractivity contribution is 6.23. The Balaban J connectivity index is 1.39. The Kier molecular flexibility index (Phi) is 2.09. The van der Waals surface area contributed by atoms with E-state index in [1.54, 1.807) is 11.1 Å². The van der Waals surface area contributed by atoms with E-state index in [-0.39, 0.29) is 23.7 Å². The minimum atomic E-state index is -0.0571. The van der Waals surface area contributed by atoms with Gasteiger partial charge in [0.1, 0.15) is 0 Å². The van der Waals surface area contributed by atoms with Crippen LogP contribution in [0.3, 0.4) is 0 Å². The Labute approximate surface area is 147 Å². The highest BCUT2D eigenvalue weighted by Crippen LogP contribution is 2.81. The van der Waals surface area contributed by atoms with E-state index in [4.69, 9.17) is 0 Å². The van der Waals surface area contributed by atoms with Crippen molar-refractivity contribution in [1.29, 1.82) is 0 Å². The first kappa shape index (κ1) is 13.3. The maximum atomic E-state index is 13.4. The van der Waals surface area contributed by atoms with Crippen LogP contribution in [0.15, 0.2) is 41.5 Å². The number of nitrogens with zero attached hydrogens (tertiary/aromatic N) is 1. The van der Waals surface area contributed by atoms with Crippen LogP contribution in [0.2, 0.25) is 0 Å². The van der Waals surface area contributed by atoms with Crippen molar-refractivity contribution in [2.45, 2.75) is 32.1 Å². The lowest BCUT2D eigenvalue weighted by Gasteiger charge is -2.29. The van der Waals surface area contributed by atoms with Crippen LogP contribution in [-0.2, 0) is 9.59 Å². The number of amides is 2. The molecule has 3 saturated carbocycles. The highest BCUT2D eigenvalue weighted by Gasteiger charge is 2.79. The van der Waals surface area contributed by atoms with E-state index in [1.807, 2.05) is 30.3 Å². The van der Waals surface area contributed by atoms with Crippen LogP contribution < -0.4 is 4.90 Å². The highest BCUT2D eigenvalue weighted by atomic mass is 16.2. The molecule has 4 bridgehead atoms. The topological polar surface area (TPSA) is 37.4 Å². The second-order valence-electron chi connectivity index (χ2n) is 9.21. The van der Waals surface area contributed by atoms with E-state index in [2.05, 4.69) is 0 Å². The summed E-state index contributed by atoms with van der Waals surface area (Å²) in [5.41, 5.74) is 4.43. The Bertz CT molecular complexity index is 833. The second kappa shape index (κ2) is 3.92. The van der Waals surface area contributed by atoms with Gasteiger partial charge in [0.25, 0.3) is 0 Å². The van der Waals surface area contributed by atoms with Crippen molar-refractivity contribution in [2.75, 3.05) is 4.90 Å². The predicted molar refractivity (Wildman–Crippen MR) is 92.4 cm³/mol. The number of hydrogen-bond acceptors (Lipinski definition) is 2. The van der Waals surface area contributed by atoms with Gasteiger partial charge in [-0.1, -0.05) is 29.3 Å². The van der Waals surface area contributed by atoms with Crippen LogP contribution in [0.4, 0.5) is 5.69 Å². The third-order valence-corrected chi connectivity index (χ3v) is 8.51. The average molecular weight is 331 g/mol. The second-order valence-corrected chi connectivity index (χ2v) is 9.21. The Hall–Kier alpha value is -1.90. The molecule has 2 amide bonds. The molecule has 4 fully saturated rings. The van der Waals surface area contributed by atoms with Gasteiger partial charge in [0.2, 0.25) is 11.8 Å². The van der Waals surface area contributed by atoms with Crippen molar-refractivity contribution in [2.24, 2.45) is 40.9 Å². The van der Waals surface area contributed by atoms with Crippen molar-refractivity contribution in [3.8, 4) is 0 Å². The minimum Gasteiger partial charge on any atom is -0.274 e. The van der Waals surface area contributed by atoms with Gasteiger partial charge in [-0.2, -0.15) is 0 Å². The van der Waals surface area contributed by atoms with Crippen LogP contribution in [0, 0.1) is 40.9 Å². The number of carbonyl (C=O) groups is 2. The molecule has 6 aliphatic rings. The van der Waals surface area contributed by atoms with E-state index in [0.29, 0.717) is 17.3 Å². The third-order valence-electron chi connectivity index (χ3n) is 8.51. The quantitative estimate of drug-likeness (QED) is 0.583. The molecule has 1 heterocycles. The van der Waals surface area contributed by atoms with Gasteiger partial charge in [-0.25, -0.2) is 0 Å². The number of hydrogen-bond donors (Lipinski definition) is 0. The molecule has 0 radical (unpaired) electrons. The first-order valence-corrected chi connectivity index (χ1v) is 9.89. The standard InChI is InChI=1S/C22H21NO2/c24-20-16-17(21(25)23(20)13-4-2-1-3-5-13)19-15-12-7-6-11(10-12)14(15)18(16)22(19)8-9-22/h1-5,11-12,16-19H,6-10H2. The van der Waals surface area contributed by atoms with Crippen molar-refractivity contribution >= 4 is 17.5 Å². The molecule has 6 unspecified atom stereocenters. The number of imide groups is 1. The predicted octanol–water partition coefficient (Wildman–Crippen LogP) is 3.56. The zero-order valence-corrected chi connectivity index (χ0v) is 14.2. The molecule has 6 atom stereocenters. The first-order chi connectivity index (χ1) is 12.2. The summed E-state index contributed by atoms with van der Waals surface area (Å²) in [7, 11) is 0. The average Bonchev–Trinajstić information content (AvgIpc) is 2.90. The maximum Gasteiger partial charge on any atom is 0.238 e. The largest absolute Gasteiger partial charge is 0.274 e. The SMILES string of the molecule is O=C1C2C(C(=O)N1c1ccccc1)C1C3=C(C4CCC3C4)C2C12CC2. The molecule has 7 rings (SSSR count). The summed E-state index contributed by atoms with van der Waals surface area (Å²) in [4.78, 5) is 28.3. The van der Waals surface area contributed by atoms with Crippen LogP contribution in [0.25, 0.3) is 0 Å².